The number of carbonyl (C=O) groups excluding carboxylic acids is 1. The van der Waals surface area contributed by atoms with Crippen LogP contribution in [0.15, 0.2) is 24.5 Å². The van der Waals surface area contributed by atoms with Crippen LogP contribution >= 0.6 is 0 Å². The van der Waals surface area contributed by atoms with Crippen molar-refractivity contribution in [2.75, 3.05) is 5.32 Å². The molecule has 0 saturated carbocycles. The number of rotatable bonds is 3. The smallest absolute Gasteiger partial charge is 0.249 e. The second kappa shape index (κ2) is 5.17. The zero-order chi connectivity index (χ0) is 14.0. The number of amides is 1. The van der Waals surface area contributed by atoms with Gasteiger partial charge in [0.15, 0.2) is 5.82 Å². The summed E-state index contributed by atoms with van der Waals surface area (Å²) in [6.45, 7) is 5.45. The highest BCUT2D eigenvalue weighted by atomic mass is 19.1. The molecule has 0 fully saturated rings. The minimum atomic E-state index is -0.559. The van der Waals surface area contributed by atoms with Crippen molar-refractivity contribution in [2.24, 2.45) is 0 Å². The van der Waals surface area contributed by atoms with Crippen molar-refractivity contribution < 1.29 is 9.18 Å². The van der Waals surface area contributed by atoms with Gasteiger partial charge in [-0.3, -0.25) is 14.5 Å². The second-order valence-corrected chi connectivity index (χ2v) is 4.39. The Morgan fingerprint density at radius 2 is 2.21 bits per heavy atom. The van der Waals surface area contributed by atoms with Crippen molar-refractivity contribution >= 4 is 11.6 Å². The summed E-state index contributed by atoms with van der Waals surface area (Å²) >= 11 is 0. The van der Waals surface area contributed by atoms with Gasteiger partial charge in [0.1, 0.15) is 6.04 Å². The van der Waals surface area contributed by atoms with E-state index >= 15 is 0 Å². The number of aryl methyl sites for hydroxylation is 2. The Kier molecular flexibility index (Phi) is 3.59. The number of hydrogen-bond donors (Lipinski definition) is 1. The van der Waals surface area contributed by atoms with Crippen molar-refractivity contribution in [1.82, 2.24) is 14.8 Å². The van der Waals surface area contributed by atoms with E-state index in [9.17, 15) is 9.18 Å². The van der Waals surface area contributed by atoms with E-state index in [1.165, 1.54) is 12.3 Å². The normalized spacial score (nSPS) is 12.2. The van der Waals surface area contributed by atoms with E-state index in [0.29, 0.717) is 0 Å². The highest BCUT2D eigenvalue weighted by Gasteiger charge is 2.18. The summed E-state index contributed by atoms with van der Waals surface area (Å²) in [6.07, 6.45) is 2.48. The Balaban J connectivity index is 2.17. The lowest BCUT2D eigenvalue weighted by Crippen LogP contribution is -2.25. The molecule has 0 radical (unpaired) electrons. The van der Waals surface area contributed by atoms with Crippen LogP contribution in [0.25, 0.3) is 0 Å². The molecule has 2 rings (SSSR count). The fourth-order valence-electron chi connectivity index (χ4n) is 1.86. The molecular formula is C13H15FN4O. The summed E-state index contributed by atoms with van der Waals surface area (Å²) < 4.78 is 15.0. The van der Waals surface area contributed by atoms with Crippen molar-refractivity contribution in [3.05, 3.63) is 41.7 Å². The monoisotopic (exact) mass is 262 g/mol. The van der Waals surface area contributed by atoms with Crippen LogP contribution in [0.2, 0.25) is 0 Å². The molecule has 0 aliphatic heterocycles. The summed E-state index contributed by atoms with van der Waals surface area (Å²) in [4.78, 5) is 15.7. The summed E-state index contributed by atoms with van der Waals surface area (Å²) in [5, 5.41) is 6.78. The van der Waals surface area contributed by atoms with Gasteiger partial charge in [0.2, 0.25) is 5.91 Å². The third-order valence-corrected chi connectivity index (χ3v) is 2.82. The SMILES string of the molecule is Cc1cc(C)n(C(C)C(=O)Nc2ccncc2F)n1. The molecule has 2 aromatic rings. The van der Waals surface area contributed by atoms with Crippen molar-refractivity contribution in [2.45, 2.75) is 26.8 Å². The highest BCUT2D eigenvalue weighted by Crippen LogP contribution is 2.16. The van der Waals surface area contributed by atoms with Crippen LogP contribution in [0.3, 0.4) is 0 Å². The molecule has 2 aromatic heterocycles. The first kappa shape index (κ1) is 13.2. The predicted molar refractivity (Wildman–Crippen MR) is 69.2 cm³/mol. The maximum atomic E-state index is 13.4. The second-order valence-electron chi connectivity index (χ2n) is 4.39. The van der Waals surface area contributed by atoms with E-state index in [0.717, 1.165) is 17.6 Å². The van der Waals surface area contributed by atoms with Gasteiger partial charge in [0.05, 0.1) is 17.6 Å². The number of nitrogens with one attached hydrogen (secondary N) is 1. The van der Waals surface area contributed by atoms with Crippen LogP contribution in [0, 0.1) is 19.7 Å². The molecule has 1 amide bonds. The van der Waals surface area contributed by atoms with Gasteiger partial charge in [-0.2, -0.15) is 5.10 Å². The molecule has 19 heavy (non-hydrogen) atoms. The molecule has 0 spiro atoms. The number of halogens is 1. The van der Waals surface area contributed by atoms with Gasteiger partial charge in [0, 0.05) is 11.9 Å². The van der Waals surface area contributed by atoms with Gasteiger partial charge in [-0.05, 0) is 32.9 Å². The quantitative estimate of drug-likeness (QED) is 0.922. The summed E-state index contributed by atoms with van der Waals surface area (Å²) in [5.74, 6) is -0.882. The first-order valence-electron chi connectivity index (χ1n) is 5.92. The Morgan fingerprint density at radius 1 is 1.47 bits per heavy atom. The van der Waals surface area contributed by atoms with Crippen molar-refractivity contribution in [3.8, 4) is 0 Å². The lowest BCUT2D eigenvalue weighted by molar-refractivity contribution is -0.119. The fourth-order valence-corrected chi connectivity index (χ4v) is 1.86. The Morgan fingerprint density at radius 3 is 2.79 bits per heavy atom. The molecule has 0 saturated heterocycles. The molecule has 0 aliphatic rings. The maximum Gasteiger partial charge on any atom is 0.249 e. The van der Waals surface area contributed by atoms with E-state index in [1.807, 2.05) is 19.9 Å². The van der Waals surface area contributed by atoms with Crippen molar-refractivity contribution in [3.63, 3.8) is 0 Å². The molecule has 1 N–H and O–H groups in total. The molecular weight excluding hydrogens is 247 g/mol. The van der Waals surface area contributed by atoms with E-state index in [-0.39, 0.29) is 11.6 Å². The largest absolute Gasteiger partial charge is 0.322 e. The number of carbonyl (C=O) groups is 1. The number of pyridine rings is 1. The topological polar surface area (TPSA) is 59.8 Å². The molecule has 5 nitrogen and oxygen atoms in total. The number of anilines is 1. The molecule has 0 bridgehead atoms. The van der Waals surface area contributed by atoms with Crippen LogP contribution in [0.1, 0.15) is 24.4 Å². The lowest BCUT2D eigenvalue weighted by Gasteiger charge is -2.14. The summed E-state index contributed by atoms with van der Waals surface area (Å²) in [5.41, 5.74) is 1.84. The van der Waals surface area contributed by atoms with Gasteiger partial charge < -0.3 is 5.32 Å². The Labute approximate surface area is 110 Å². The van der Waals surface area contributed by atoms with Gasteiger partial charge in [-0.1, -0.05) is 0 Å². The lowest BCUT2D eigenvalue weighted by atomic mass is 10.3. The number of hydrogen-bond acceptors (Lipinski definition) is 3. The highest BCUT2D eigenvalue weighted by molar-refractivity contribution is 5.93. The molecule has 0 aliphatic carbocycles. The van der Waals surface area contributed by atoms with Crippen molar-refractivity contribution in [1.29, 1.82) is 0 Å². The maximum absolute atomic E-state index is 13.4. The molecule has 2 heterocycles. The average Bonchev–Trinajstić information content (AvgIpc) is 2.70. The predicted octanol–water partition coefficient (Wildman–Crippen LogP) is 2.23. The van der Waals surface area contributed by atoms with Crippen LogP contribution in [-0.2, 0) is 4.79 Å². The Bertz CT molecular complexity index is 608. The fraction of sp³-hybridized carbons (Fsp3) is 0.308. The first-order chi connectivity index (χ1) is 8.99. The van der Waals surface area contributed by atoms with Crippen LogP contribution in [-0.4, -0.2) is 20.7 Å². The summed E-state index contributed by atoms with van der Waals surface area (Å²) in [7, 11) is 0. The van der Waals surface area contributed by atoms with E-state index in [1.54, 1.807) is 11.6 Å². The van der Waals surface area contributed by atoms with Gasteiger partial charge >= 0.3 is 0 Å². The third-order valence-electron chi connectivity index (χ3n) is 2.82. The molecule has 1 unspecified atom stereocenters. The minimum Gasteiger partial charge on any atom is -0.322 e. The molecule has 100 valence electrons. The zero-order valence-corrected chi connectivity index (χ0v) is 11.0. The molecule has 6 heteroatoms. The van der Waals surface area contributed by atoms with Gasteiger partial charge in [-0.25, -0.2) is 4.39 Å². The average molecular weight is 262 g/mol. The zero-order valence-electron chi connectivity index (χ0n) is 11.0. The third kappa shape index (κ3) is 2.78. The van der Waals surface area contributed by atoms with Gasteiger partial charge in [-0.15, -0.1) is 0 Å². The minimum absolute atomic E-state index is 0.119. The van der Waals surface area contributed by atoms with Crippen LogP contribution in [0.4, 0.5) is 10.1 Å². The Hall–Kier alpha value is -2.24. The first-order valence-corrected chi connectivity index (χ1v) is 5.92. The number of aromatic nitrogens is 3. The van der Waals surface area contributed by atoms with E-state index in [4.69, 9.17) is 0 Å². The van der Waals surface area contributed by atoms with Crippen LogP contribution < -0.4 is 5.32 Å². The van der Waals surface area contributed by atoms with Crippen LogP contribution in [0.5, 0.6) is 0 Å². The van der Waals surface area contributed by atoms with Gasteiger partial charge in [0.25, 0.3) is 0 Å². The molecule has 1 atom stereocenters. The molecule has 0 aromatic carbocycles. The van der Waals surface area contributed by atoms with E-state index in [2.05, 4.69) is 15.4 Å². The standard InChI is InChI=1S/C13H15FN4O/c1-8-6-9(2)18(17-8)10(3)13(19)16-12-4-5-15-7-11(12)14/h4-7,10H,1-3H3,(H,15,16,19). The number of nitrogens with zero attached hydrogens (tertiary/aromatic N) is 3. The summed E-state index contributed by atoms with van der Waals surface area (Å²) in [6, 6.07) is 2.79. The van der Waals surface area contributed by atoms with E-state index < -0.39 is 11.9 Å².